The van der Waals surface area contributed by atoms with E-state index in [9.17, 15) is 34.8 Å². The van der Waals surface area contributed by atoms with Gasteiger partial charge in [0.1, 0.15) is 17.6 Å². The summed E-state index contributed by atoms with van der Waals surface area (Å²) in [5.74, 6) is -6.62. The molecule has 5 N–H and O–H groups in total. The summed E-state index contributed by atoms with van der Waals surface area (Å²) >= 11 is 0. The Balaban J connectivity index is 1.92. The van der Waals surface area contributed by atoms with E-state index in [0.717, 1.165) is 0 Å². The van der Waals surface area contributed by atoms with Crippen LogP contribution in [0.1, 0.15) is 64.4 Å². The number of phenolic OH excluding ortho intramolecular Hbond substituents is 2. The standard InChI is InChI=1S/C39H52N2O11/c1-18-13-12-14-19(2)38(48)40-25-17-26(41(9)10)28-29(34(25)46)33(45)23(6)36-30(28)37(47)39(8,52-36)50-16-15-27(49-11)20(3)35(51-24(7)42)22(5)32(44)21(4)31(18)43/h12-18,20-22,27,31-32,35,43-46H,1-11H3,(H,40,48)/b13-12+,16-15+,19-14-/t18-,20+,21+,22+,27-,31-,32+,35+,39-/m0/s1. The summed E-state index contributed by atoms with van der Waals surface area (Å²) in [6.07, 6.45) is 3.97. The number of nitrogens with one attached hydrogen (secondary N) is 1. The number of methoxy groups -OCH3 is 1. The van der Waals surface area contributed by atoms with Crippen molar-refractivity contribution in [1.29, 1.82) is 0 Å². The van der Waals surface area contributed by atoms with Crippen LogP contribution >= 0.6 is 0 Å². The summed E-state index contributed by atoms with van der Waals surface area (Å²) in [4.78, 5) is 41.5. The van der Waals surface area contributed by atoms with Crippen LogP contribution in [0.25, 0.3) is 10.8 Å². The number of aliphatic hydroxyl groups excluding tert-OH is 2. The van der Waals surface area contributed by atoms with Gasteiger partial charge >= 0.3 is 11.8 Å². The van der Waals surface area contributed by atoms with Gasteiger partial charge < -0.3 is 49.6 Å². The summed E-state index contributed by atoms with van der Waals surface area (Å²) in [6, 6.07) is 1.51. The van der Waals surface area contributed by atoms with Crippen LogP contribution in [-0.4, -0.2) is 89.5 Å². The fourth-order valence-electron chi connectivity index (χ4n) is 7.00. The molecule has 5 bridgehead atoms. The van der Waals surface area contributed by atoms with Crippen LogP contribution in [0.5, 0.6) is 17.2 Å². The lowest BCUT2D eigenvalue weighted by molar-refractivity contribution is -0.160. The summed E-state index contributed by atoms with van der Waals surface area (Å²) in [5.41, 5.74) is 0.926. The number of Topliss-reactive ketones (excluding diaryl/α,β-unsaturated/α-hetero) is 1. The SMILES string of the molecule is CO[C@H]1/C=C/O[C@@]2(C)Oc3c(C)c(O)c4c(O)c(cc(N(C)C)c4c3C2=O)NC(=O)/C(C)=C\C=C\[C@H](C)[C@H](O)[C@@H](C)[C@@H](O)[C@@H](C)[C@H](OC(C)=O)[C@@H]1C. The van der Waals surface area contributed by atoms with Crippen LogP contribution in [0.2, 0.25) is 0 Å². The van der Waals surface area contributed by atoms with Crippen molar-refractivity contribution in [2.45, 2.75) is 85.6 Å². The van der Waals surface area contributed by atoms with Gasteiger partial charge in [-0.15, -0.1) is 0 Å². The molecule has 0 aliphatic carbocycles. The number of carbonyl (C=O) groups excluding carboxylic acids is 3. The predicted octanol–water partition coefficient (Wildman–Crippen LogP) is 5.11. The highest BCUT2D eigenvalue weighted by Gasteiger charge is 2.49. The number of rotatable bonds is 3. The van der Waals surface area contributed by atoms with Gasteiger partial charge in [0.25, 0.3) is 11.7 Å². The molecule has 0 radical (unpaired) electrons. The van der Waals surface area contributed by atoms with E-state index >= 15 is 0 Å². The average molecular weight is 725 g/mol. The van der Waals surface area contributed by atoms with E-state index in [-0.39, 0.29) is 44.7 Å². The molecule has 5 rings (SSSR count). The minimum Gasteiger partial charge on any atom is -0.507 e. The fourth-order valence-corrected chi connectivity index (χ4v) is 7.00. The molecule has 0 aromatic heterocycles. The molecule has 3 heterocycles. The fraction of sp³-hybridized carbons (Fsp3) is 0.513. The minimum absolute atomic E-state index is 0.00264. The van der Waals surface area contributed by atoms with Gasteiger partial charge in [0.05, 0.1) is 41.2 Å². The number of ether oxygens (including phenoxy) is 4. The van der Waals surface area contributed by atoms with Gasteiger partial charge in [-0.2, -0.15) is 0 Å². The number of anilines is 2. The second-order valence-electron chi connectivity index (χ2n) is 14.3. The first-order valence-electron chi connectivity index (χ1n) is 17.3. The number of aliphatic hydroxyl groups is 2. The molecule has 3 aliphatic heterocycles. The molecule has 13 nitrogen and oxygen atoms in total. The van der Waals surface area contributed by atoms with Crippen LogP contribution in [0.3, 0.4) is 0 Å². The molecule has 13 heteroatoms. The molecule has 2 aromatic carbocycles. The van der Waals surface area contributed by atoms with E-state index in [2.05, 4.69) is 5.32 Å². The molecule has 284 valence electrons. The molecular weight excluding hydrogens is 672 g/mol. The van der Waals surface area contributed by atoms with Gasteiger partial charge in [0.2, 0.25) is 0 Å². The number of hydrogen-bond donors (Lipinski definition) is 5. The van der Waals surface area contributed by atoms with Gasteiger partial charge in [-0.1, -0.05) is 45.9 Å². The van der Waals surface area contributed by atoms with Gasteiger partial charge in [-0.25, -0.2) is 0 Å². The highest BCUT2D eigenvalue weighted by atomic mass is 16.7. The maximum atomic E-state index is 14.2. The first-order chi connectivity index (χ1) is 24.3. The number of ketones is 1. The molecule has 0 fully saturated rings. The molecule has 0 saturated carbocycles. The molecule has 0 unspecified atom stereocenters. The second-order valence-corrected chi connectivity index (χ2v) is 14.3. The number of benzene rings is 2. The van der Waals surface area contributed by atoms with E-state index in [4.69, 9.17) is 18.9 Å². The molecule has 1 amide bonds. The van der Waals surface area contributed by atoms with E-state index in [1.165, 1.54) is 33.3 Å². The highest BCUT2D eigenvalue weighted by Crippen LogP contribution is 2.53. The van der Waals surface area contributed by atoms with E-state index in [1.54, 1.807) is 84.8 Å². The Morgan fingerprint density at radius 1 is 0.962 bits per heavy atom. The number of phenols is 2. The first-order valence-corrected chi connectivity index (χ1v) is 17.3. The van der Waals surface area contributed by atoms with Crippen molar-refractivity contribution in [3.05, 3.63) is 53.3 Å². The summed E-state index contributed by atoms with van der Waals surface area (Å²) in [7, 11) is 4.90. The number of fused-ring (bicyclic) bond motifs is 14. The largest absolute Gasteiger partial charge is 0.507 e. The maximum Gasteiger partial charge on any atom is 0.312 e. The Labute approximate surface area is 304 Å². The van der Waals surface area contributed by atoms with Crippen LogP contribution < -0.4 is 15.0 Å². The Morgan fingerprint density at radius 3 is 2.21 bits per heavy atom. The Hall–Kier alpha value is -4.59. The Kier molecular flexibility index (Phi) is 12.0. The Morgan fingerprint density at radius 2 is 1.62 bits per heavy atom. The molecule has 2 aromatic rings. The molecule has 0 saturated heterocycles. The van der Waals surface area contributed by atoms with Crippen LogP contribution in [-0.2, 0) is 23.8 Å². The third-order valence-corrected chi connectivity index (χ3v) is 10.3. The molecule has 9 atom stereocenters. The summed E-state index contributed by atoms with van der Waals surface area (Å²) < 4.78 is 23.6. The number of aromatic hydroxyl groups is 2. The quantitative estimate of drug-likeness (QED) is 0.209. The zero-order chi connectivity index (χ0) is 39.0. The lowest BCUT2D eigenvalue weighted by Crippen LogP contribution is -2.46. The second kappa shape index (κ2) is 15.6. The number of nitrogens with zero attached hydrogens (tertiary/aromatic N) is 1. The van der Waals surface area contributed by atoms with E-state index < -0.39 is 77.3 Å². The number of carbonyl (C=O) groups is 3. The molecular formula is C39H52N2O11. The third kappa shape index (κ3) is 7.48. The topological polar surface area (TPSA) is 184 Å². The lowest BCUT2D eigenvalue weighted by Gasteiger charge is -2.38. The van der Waals surface area contributed by atoms with Gasteiger partial charge in [0, 0.05) is 80.9 Å². The zero-order valence-corrected chi connectivity index (χ0v) is 31.7. The van der Waals surface area contributed by atoms with Crippen LogP contribution in [0.4, 0.5) is 11.4 Å². The number of amides is 1. The highest BCUT2D eigenvalue weighted by molar-refractivity contribution is 6.23. The molecule has 52 heavy (non-hydrogen) atoms. The van der Waals surface area contributed by atoms with Crippen molar-refractivity contribution in [2.24, 2.45) is 23.7 Å². The molecule has 0 spiro atoms. The van der Waals surface area contributed by atoms with Gasteiger partial charge in [-0.05, 0) is 26.0 Å². The van der Waals surface area contributed by atoms with Crippen molar-refractivity contribution < 1.29 is 53.8 Å². The number of allylic oxidation sites excluding steroid dienone is 2. The first kappa shape index (κ1) is 40.2. The van der Waals surface area contributed by atoms with Crippen molar-refractivity contribution in [2.75, 3.05) is 31.4 Å². The lowest BCUT2D eigenvalue weighted by atomic mass is 9.78. The number of esters is 1. The number of hydrogen-bond acceptors (Lipinski definition) is 12. The average Bonchev–Trinajstić information content (AvgIpc) is 3.35. The summed E-state index contributed by atoms with van der Waals surface area (Å²) in [6.45, 7) is 12.8. The normalized spacial score (nSPS) is 32.4. The van der Waals surface area contributed by atoms with Crippen molar-refractivity contribution in [3.8, 4) is 17.2 Å². The maximum absolute atomic E-state index is 14.2. The van der Waals surface area contributed by atoms with E-state index in [0.29, 0.717) is 5.69 Å². The predicted molar refractivity (Wildman–Crippen MR) is 196 cm³/mol. The van der Waals surface area contributed by atoms with E-state index in [1.807, 2.05) is 0 Å². The molecule has 3 aliphatic rings. The van der Waals surface area contributed by atoms with Crippen molar-refractivity contribution in [3.63, 3.8) is 0 Å². The van der Waals surface area contributed by atoms with Crippen molar-refractivity contribution in [1.82, 2.24) is 0 Å². The van der Waals surface area contributed by atoms with Crippen LogP contribution in [0, 0.1) is 30.6 Å². The van der Waals surface area contributed by atoms with Gasteiger partial charge in [0.15, 0.2) is 5.75 Å². The smallest absolute Gasteiger partial charge is 0.312 e. The summed E-state index contributed by atoms with van der Waals surface area (Å²) in [5, 5.41) is 48.5. The van der Waals surface area contributed by atoms with Crippen molar-refractivity contribution >= 4 is 39.8 Å². The third-order valence-electron chi connectivity index (χ3n) is 10.3. The minimum atomic E-state index is -1.90. The zero-order valence-electron chi connectivity index (χ0n) is 31.7. The van der Waals surface area contributed by atoms with Gasteiger partial charge in [-0.3, -0.25) is 14.4 Å². The van der Waals surface area contributed by atoms with Crippen LogP contribution in [0.15, 0.2) is 42.2 Å². The Bertz CT molecular complexity index is 1820. The monoisotopic (exact) mass is 724 g/mol.